The third kappa shape index (κ3) is 4.39. The zero-order valence-electron chi connectivity index (χ0n) is 17.8. The Morgan fingerprint density at radius 1 is 1.06 bits per heavy atom. The second-order valence-electron chi connectivity index (χ2n) is 8.10. The number of ether oxygens (including phenoxy) is 1. The van der Waals surface area contributed by atoms with Crippen LogP contribution in [0.2, 0.25) is 0 Å². The van der Waals surface area contributed by atoms with Crippen LogP contribution in [0.25, 0.3) is 0 Å². The molecule has 7 heteroatoms. The number of methoxy groups -OCH3 is 1. The predicted molar refractivity (Wildman–Crippen MR) is 122 cm³/mol. The molecule has 1 atom stereocenters. The van der Waals surface area contributed by atoms with Crippen LogP contribution >= 0.6 is 11.8 Å². The Morgan fingerprint density at radius 2 is 1.74 bits per heavy atom. The van der Waals surface area contributed by atoms with Crippen molar-refractivity contribution in [3.63, 3.8) is 0 Å². The van der Waals surface area contributed by atoms with Gasteiger partial charge in [0.05, 0.1) is 29.2 Å². The van der Waals surface area contributed by atoms with Gasteiger partial charge in [0.15, 0.2) is 0 Å². The van der Waals surface area contributed by atoms with Crippen molar-refractivity contribution < 1.29 is 17.9 Å². The van der Waals surface area contributed by atoms with E-state index in [2.05, 4.69) is 0 Å². The Hall–Kier alpha value is -2.25. The van der Waals surface area contributed by atoms with Crippen molar-refractivity contribution in [1.29, 1.82) is 0 Å². The molecule has 2 aromatic rings. The first-order chi connectivity index (χ1) is 14.9. The van der Waals surface area contributed by atoms with Gasteiger partial charge in [-0.05, 0) is 49.4 Å². The summed E-state index contributed by atoms with van der Waals surface area (Å²) in [4.78, 5) is 13.4. The van der Waals surface area contributed by atoms with Crippen LogP contribution in [0.3, 0.4) is 0 Å². The average Bonchev–Trinajstić information content (AvgIpc) is 2.78. The summed E-state index contributed by atoms with van der Waals surface area (Å²) in [5.74, 6) is -0.370. The molecule has 5 nitrogen and oxygen atoms in total. The number of hydrogen-bond donors (Lipinski definition) is 0. The molecule has 1 heterocycles. The van der Waals surface area contributed by atoms with Crippen LogP contribution in [0.4, 0.5) is 0 Å². The highest BCUT2D eigenvalue weighted by Crippen LogP contribution is 2.52. The van der Waals surface area contributed by atoms with Gasteiger partial charge >= 0.3 is 5.97 Å². The van der Waals surface area contributed by atoms with E-state index in [1.165, 1.54) is 35.7 Å². The maximum atomic E-state index is 14.0. The summed E-state index contributed by atoms with van der Waals surface area (Å²) in [5.41, 5.74) is 2.00. The SMILES string of the molecule is COC(=O)/C=C1\Sc2ccccc2[C@@H](C2CCCCC2)N1S(=O)(=O)c1ccc(C)cc1. The van der Waals surface area contributed by atoms with Crippen molar-refractivity contribution in [1.82, 2.24) is 4.31 Å². The van der Waals surface area contributed by atoms with E-state index in [0.717, 1.165) is 41.7 Å². The van der Waals surface area contributed by atoms with E-state index < -0.39 is 16.0 Å². The van der Waals surface area contributed by atoms with E-state index in [0.29, 0.717) is 5.03 Å². The Morgan fingerprint density at radius 3 is 2.42 bits per heavy atom. The van der Waals surface area contributed by atoms with Crippen molar-refractivity contribution in [2.24, 2.45) is 5.92 Å². The van der Waals surface area contributed by atoms with Gasteiger partial charge in [0.2, 0.25) is 0 Å². The van der Waals surface area contributed by atoms with Gasteiger partial charge in [-0.25, -0.2) is 13.2 Å². The van der Waals surface area contributed by atoms with Crippen molar-refractivity contribution in [3.8, 4) is 0 Å². The number of aryl methyl sites for hydroxylation is 1. The number of rotatable bonds is 4. The lowest BCUT2D eigenvalue weighted by Crippen LogP contribution is -2.40. The van der Waals surface area contributed by atoms with E-state index in [4.69, 9.17) is 4.74 Å². The van der Waals surface area contributed by atoms with Crippen molar-refractivity contribution in [2.45, 2.75) is 54.9 Å². The van der Waals surface area contributed by atoms with Crippen molar-refractivity contribution in [2.75, 3.05) is 7.11 Å². The minimum atomic E-state index is -3.89. The van der Waals surface area contributed by atoms with Gasteiger partial charge in [-0.2, -0.15) is 0 Å². The number of nitrogens with zero attached hydrogens (tertiary/aromatic N) is 1. The fourth-order valence-corrected chi connectivity index (χ4v) is 7.50. The van der Waals surface area contributed by atoms with E-state index in [1.54, 1.807) is 24.3 Å². The van der Waals surface area contributed by atoms with Crippen LogP contribution < -0.4 is 0 Å². The normalized spacial score (nSPS) is 21.0. The smallest absolute Gasteiger partial charge is 0.333 e. The lowest BCUT2D eigenvalue weighted by molar-refractivity contribution is -0.134. The van der Waals surface area contributed by atoms with E-state index >= 15 is 0 Å². The van der Waals surface area contributed by atoms with Crippen LogP contribution in [0.15, 0.2) is 69.4 Å². The Balaban J connectivity index is 1.91. The number of benzene rings is 2. The molecular formula is C24H27NO4S2. The second-order valence-corrected chi connectivity index (χ2v) is 11.0. The molecule has 0 unspecified atom stereocenters. The molecule has 0 spiro atoms. The average molecular weight is 458 g/mol. The predicted octanol–water partition coefficient (Wildman–Crippen LogP) is 5.43. The molecule has 2 aromatic carbocycles. The first-order valence-corrected chi connectivity index (χ1v) is 12.8. The number of sulfonamides is 1. The van der Waals surface area contributed by atoms with Gasteiger partial charge in [0.25, 0.3) is 10.0 Å². The van der Waals surface area contributed by atoms with Gasteiger partial charge < -0.3 is 4.74 Å². The molecular weight excluding hydrogens is 430 g/mol. The first kappa shape index (κ1) is 22.0. The van der Waals surface area contributed by atoms with E-state index in [1.807, 2.05) is 31.2 Å². The maximum absolute atomic E-state index is 14.0. The van der Waals surface area contributed by atoms with Crippen LogP contribution in [0, 0.1) is 12.8 Å². The van der Waals surface area contributed by atoms with Gasteiger partial charge in [0.1, 0.15) is 0 Å². The molecule has 31 heavy (non-hydrogen) atoms. The molecule has 0 N–H and O–H groups in total. The number of fused-ring (bicyclic) bond motifs is 1. The molecule has 1 saturated carbocycles. The lowest BCUT2D eigenvalue weighted by atomic mass is 9.81. The fourth-order valence-electron chi connectivity index (χ4n) is 4.48. The van der Waals surface area contributed by atoms with Crippen LogP contribution in [0.1, 0.15) is 49.3 Å². The molecule has 0 radical (unpaired) electrons. The first-order valence-electron chi connectivity index (χ1n) is 10.6. The number of carbonyl (C=O) groups excluding carboxylic acids is 1. The van der Waals surface area contributed by atoms with Crippen LogP contribution in [-0.4, -0.2) is 25.8 Å². The molecule has 1 aliphatic heterocycles. The molecule has 1 fully saturated rings. The minimum Gasteiger partial charge on any atom is -0.466 e. The highest BCUT2D eigenvalue weighted by Gasteiger charge is 2.43. The van der Waals surface area contributed by atoms with Crippen LogP contribution in [0.5, 0.6) is 0 Å². The third-order valence-electron chi connectivity index (χ3n) is 6.04. The number of esters is 1. The second kappa shape index (κ2) is 9.09. The van der Waals surface area contributed by atoms with Gasteiger partial charge in [0, 0.05) is 4.90 Å². The van der Waals surface area contributed by atoms with Crippen LogP contribution in [-0.2, 0) is 19.6 Å². The van der Waals surface area contributed by atoms with Crippen molar-refractivity contribution >= 4 is 27.8 Å². The van der Waals surface area contributed by atoms with Gasteiger partial charge in [-0.3, -0.25) is 4.31 Å². The number of carbonyl (C=O) groups is 1. The summed E-state index contributed by atoms with van der Waals surface area (Å²) in [7, 11) is -2.58. The fraction of sp³-hybridized carbons (Fsp3) is 0.375. The quantitative estimate of drug-likeness (QED) is 0.453. The third-order valence-corrected chi connectivity index (χ3v) is 9.08. The van der Waals surface area contributed by atoms with Gasteiger partial charge in [-0.1, -0.05) is 66.9 Å². The van der Waals surface area contributed by atoms with Gasteiger partial charge in [-0.15, -0.1) is 0 Å². The number of hydrogen-bond acceptors (Lipinski definition) is 5. The summed E-state index contributed by atoms with van der Waals surface area (Å²) in [6, 6.07) is 14.5. The number of thioether (sulfide) groups is 1. The standard InChI is InChI=1S/C24H27NO4S2/c1-17-12-14-19(15-13-17)31(27,28)25-22(16-23(26)29-2)30-21-11-7-6-10-20(21)24(25)18-8-4-3-5-9-18/h6-7,10-16,18,24H,3-5,8-9H2,1-2H3/b22-16-/t24-/m1/s1. The summed E-state index contributed by atoms with van der Waals surface area (Å²) < 4.78 is 34.3. The largest absolute Gasteiger partial charge is 0.466 e. The topological polar surface area (TPSA) is 63.7 Å². The van der Waals surface area contributed by atoms with E-state index in [9.17, 15) is 13.2 Å². The molecule has 0 bridgehead atoms. The summed E-state index contributed by atoms with van der Waals surface area (Å²) >= 11 is 1.31. The molecule has 164 valence electrons. The Labute approximate surface area is 188 Å². The molecule has 1 aliphatic carbocycles. The zero-order valence-corrected chi connectivity index (χ0v) is 19.4. The molecule has 2 aliphatic rings. The highest BCUT2D eigenvalue weighted by molar-refractivity contribution is 8.04. The lowest BCUT2D eigenvalue weighted by Gasteiger charge is -2.43. The summed E-state index contributed by atoms with van der Waals surface area (Å²) in [5, 5.41) is 0.390. The zero-order chi connectivity index (χ0) is 22.0. The monoisotopic (exact) mass is 457 g/mol. The molecule has 0 saturated heterocycles. The van der Waals surface area contributed by atoms with Crippen molar-refractivity contribution in [3.05, 3.63) is 70.8 Å². The molecule has 0 aromatic heterocycles. The van der Waals surface area contributed by atoms with E-state index in [-0.39, 0.29) is 16.9 Å². The Bertz CT molecular complexity index is 1090. The summed E-state index contributed by atoms with van der Waals surface area (Å²) in [6.07, 6.45) is 6.59. The minimum absolute atomic E-state index is 0.192. The Kier molecular flexibility index (Phi) is 6.44. The highest BCUT2D eigenvalue weighted by atomic mass is 32.2. The molecule has 0 amide bonds. The molecule has 4 rings (SSSR count). The summed E-state index contributed by atoms with van der Waals surface area (Å²) in [6.45, 7) is 1.93. The maximum Gasteiger partial charge on any atom is 0.333 e.